The second kappa shape index (κ2) is 6.79. The Morgan fingerprint density at radius 1 is 1.41 bits per heavy atom. The number of rotatable bonds is 6. The highest BCUT2D eigenvalue weighted by Gasteiger charge is 2.18. The summed E-state index contributed by atoms with van der Waals surface area (Å²) in [5, 5.41) is 12.3. The van der Waals surface area contributed by atoms with Gasteiger partial charge in [-0.25, -0.2) is 0 Å². The normalized spacial score (nSPS) is 18.6. The van der Waals surface area contributed by atoms with Gasteiger partial charge < -0.3 is 19.7 Å². The van der Waals surface area contributed by atoms with Gasteiger partial charge in [0.2, 0.25) is 0 Å². The highest BCUT2D eigenvalue weighted by atomic mass is 16.3. The number of hydrogen-bond donors (Lipinski definition) is 2. The summed E-state index contributed by atoms with van der Waals surface area (Å²) < 4.78 is 5.27. The molecule has 0 unspecified atom stereocenters. The smallest absolute Gasteiger partial charge is 0.117 e. The van der Waals surface area contributed by atoms with Crippen LogP contribution in [-0.2, 0) is 6.54 Å². The number of aliphatic hydroxyl groups excluding tert-OH is 1. The van der Waals surface area contributed by atoms with Crippen molar-refractivity contribution in [2.45, 2.75) is 19.4 Å². The molecule has 0 amide bonds. The van der Waals surface area contributed by atoms with Gasteiger partial charge in [0.25, 0.3) is 0 Å². The number of aliphatic hydroxyl groups is 1. The predicted octanol–water partition coefficient (Wildman–Crippen LogP) is 1.07. The molecule has 2 rings (SSSR count). The molecule has 4 nitrogen and oxygen atoms in total. The van der Waals surface area contributed by atoms with Crippen LogP contribution in [0.4, 0.5) is 0 Å². The minimum absolute atomic E-state index is 0.279. The molecule has 96 valence electrons. The molecule has 1 aromatic heterocycles. The van der Waals surface area contributed by atoms with Crippen LogP contribution in [0.15, 0.2) is 22.8 Å². The summed E-state index contributed by atoms with van der Waals surface area (Å²) in [5.41, 5.74) is 0. The lowest BCUT2D eigenvalue weighted by Crippen LogP contribution is -2.38. The van der Waals surface area contributed by atoms with Crippen molar-refractivity contribution >= 4 is 0 Å². The number of nitrogens with zero attached hydrogens (tertiary/aromatic N) is 1. The van der Waals surface area contributed by atoms with Crippen LogP contribution in [-0.4, -0.2) is 42.8 Å². The van der Waals surface area contributed by atoms with Crippen LogP contribution >= 0.6 is 0 Å². The average molecular weight is 238 g/mol. The topological polar surface area (TPSA) is 48.6 Å². The third kappa shape index (κ3) is 4.15. The summed E-state index contributed by atoms with van der Waals surface area (Å²) in [4.78, 5) is 2.34. The molecule has 4 heteroatoms. The zero-order valence-corrected chi connectivity index (χ0v) is 10.3. The van der Waals surface area contributed by atoms with E-state index in [1.165, 1.54) is 12.8 Å². The van der Waals surface area contributed by atoms with E-state index < -0.39 is 0 Å². The highest BCUT2D eigenvalue weighted by Crippen LogP contribution is 2.16. The minimum Gasteiger partial charge on any atom is -0.468 e. The lowest BCUT2D eigenvalue weighted by molar-refractivity contribution is 0.146. The third-order valence-corrected chi connectivity index (χ3v) is 3.44. The van der Waals surface area contributed by atoms with Crippen molar-refractivity contribution in [2.75, 3.05) is 32.8 Å². The summed E-state index contributed by atoms with van der Waals surface area (Å²) in [6, 6.07) is 3.92. The van der Waals surface area contributed by atoms with E-state index in [9.17, 15) is 0 Å². The van der Waals surface area contributed by atoms with E-state index in [-0.39, 0.29) is 6.61 Å². The fourth-order valence-corrected chi connectivity index (χ4v) is 2.37. The summed E-state index contributed by atoms with van der Waals surface area (Å²) in [6.45, 7) is 5.23. The van der Waals surface area contributed by atoms with Gasteiger partial charge in [0.1, 0.15) is 5.76 Å². The molecule has 1 aromatic rings. The van der Waals surface area contributed by atoms with Crippen molar-refractivity contribution in [2.24, 2.45) is 5.92 Å². The van der Waals surface area contributed by atoms with Gasteiger partial charge in [-0.3, -0.25) is 0 Å². The Kier molecular flexibility index (Phi) is 5.04. The van der Waals surface area contributed by atoms with E-state index in [0.29, 0.717) is 0 Å². The van der Waals surface area contributed by atoms with E-state index in [2.05, 4.69) is 10.2 Å². The molecular weight excluding hydrogens is 216 g/mol. The van der Waals surface area contributed by atoms with Crippen LogP contribution in [0.3, 0.4) is 0 Å². The van der Waals surface area contributed by atoms with Crippen LogP contribution in [0.25, 0.3) is 0 Å². The third-order valence-electron chi connectivity index (χ3n) is 3.44. The van der Waals surface area contributed by atoms with E-state index in [1.807, 2.05) is 12.1 Å². The number of hydrogen-bond acceptors (Lipinski definition) is 4. The van der Waals surface area contributed by atoms with Crippen LogP contribution < -0.4 is 5.32 Å². The highest BCUT2D eigenvalue weighted by molar-refractivity contribution is 4.97. The van der Waals surface area contributed by atoms with Gasteiger partial charge in [-0.1, -0.05) is 0 Å². The lowest BCUT2D eigenvalue weighted by atomic mass is 9.97. The largest absolute Gasteiger partial charge is 0.468 e. The molecule has 17 heavy (non-hydrogen) atoms. The minimum atomic E-state index is 0.279. The molecule has 1 fully saturated rings. The monoisotopic (exact) mass is 238 g/mol. The van der Waals surface area contributed by atoms with E-state index in [1.54, 1.807) is 6.26 Å². The summed E-state index contributed by atoms with van der Waals surface area (Å²) in [7, 11) is 0. The Labute approximate surface area is 103 Å². The zero-order valence-electron chi connectivity index (χ0n) is 10.3. The number of nitrogens with one attached hydrogen (secondary N) is 1. The molecule has 0 saturated carbocycles. The average Bonchev–Trinajstić information content (AvgIpc) is 2.85. The van der Waals surface area contributed by atoms with E-state index in [0.717, 1.165) is 44.4 Å². The molecule has 0 radical (unpaired) electrons. The van der Waals surface area contributed by atoms with Gasteiger partial charge in [0.05, 0.1) is 19.4 Å². The Bertz CT molecular complexity index is 292. The van der Waals surface area contributed by atoms with Gasteiger partial charge in [0, 0.05) is 6.54 Å². The van der Waals surface area contributed by atoms with Crippen molar-refractivity contribution in [3.63, 3.8) is 0 Å². The van der Waals surface area contributed by atoms with Crippen LogP contribution in [0, 0.1) is 5.92 Å². The number of likely N-dealkylation sites (tertiary alicyclic amines) is 1. The second-order valence-electron chi connectivity index (χ2n) is 4.72. The van der Waals surface area contributed by atoms with Crippen LogP contribution in [0.2, 0.25) is 0 Å². The fraction of sp³-hybridized carbons (Fsp3) is 0.692. The van der Waals surface area contributed by atoms with Crippen molar-refractivity contribution in [1.82, 2.24) is 10.2 Å². The Balaban J connectivity index is 1.58. The summed E-state index contributed by atoms with van der Waals surface area (Å²) >= 11 is 0. The standard InChI is InChI=1S/C13H22N2O2/c16-8-7-15-5-3-12(4-6-15)10-14-11-13-2-1-9-17-13/h1-2,9,12,14,16H,3-8,10-11H2. The maximum atomic E-state index is 8.87. The van der Waals surface area contributed by atoms with Gasteiger partial charge in [0.15, 0.2) is 0 Å². The molecule has 2 N–H and O–H groups in total. The molecule has 0 atom stereocenters. The van der Waals surface area contributed by atoms with Crippen molar-refractivity contribution in [1.29, 1.82) is 0 Å². The number of β-amino-alcohol motifs (C(OH)–C–C–N with tert-alkyl or cyclic N) is 1. The molecule has 1 aliphatic rings. The lowest BCUT2D eigenvalue weighted by Gasteiger charge is -2.31. The van der Waals surface area contributed by atoms with Crippen LogP contribution in [0.5, 0.6) is 0 Å². The molecule has 1 aliphatic heterocycles. The molecule has 0 spiro atoms. The van der Waals surface area contributed by atoms with Gasteiger partial charge in [-0.05, 0) is 50.5 Å². The maximum absolute atomic E-state index is 8.87. The van der Waals surface area contributed by atoms with E-state index >= 15 is 0 Å². The molecule has 0 aliphatic carbocycles. The van der Waals surface area contributed by atoms with Gasteiger partial charge >= 0.3 is 0 Å². The van der Waals surface area contributed by atoms with Crippen LogP contribution in [0.1, 0.15) is 18.6 Å². The van der Waals surface area contributed by atoms with Gasteiger partial charge in [-0.2, -0.15) is 0 Å². The van der Waals surface area contributed by atoms with E-state index in [4.69, 9.17) is 9.52 Å². The first kappa shape index (κ1) is 12.6. The predicted molar refractivity (Wildman–Crippen MR) is 66.7 cm³/mol. The number of furan rings is 1. The fourth-order valence-electron chi connectivity index (χ4n) is 2.37. The molecular formula is C13H22N2O2. The summed E-state index contributed by atoms with van der Waals surface area (Å²) in [5.74, 6) is 1.77. The molecule has 0 bridgehead atoms. The quantitative estimate of drug-likeness (QED) is 0.778. The van der Waals surface area contributed by atoms with Crippen molar-refractivity contribution in [3.8, 4) is 0 Å². The number of piperidine rings is 1. The Morgan fingerprint density at radius 3 is 2.88 bits per heavy atom. The molecule has 1 saturated heterocycles. The first-order chi connectivity index (χ1) is 8.38. The van der Waals surface area contributed by atoms with Crippen molar-refractivity contribution < 1.29 is 9.52 Å². The molecule has 0 aromatic carbocycles. The zero-order chi connectivity index (χ0) is 11.9. The SMILES string of the molecule is OCCN1CCC(CNCc2ccco2)CC1. The summed E-state index contributed by atoms with van der Waals surface area (Å²) in [6.07, 6.45) is 4.17. The maximum Gasteiger partial charge on any atom is 0.117 e. The Morgan fingerprint density at radius 2 is 2.24 bits per heavy atom. The molecule has 2 heterocycles. The second-order valence-corrected chi connectivity index (χ2v) is 4.72. The first-order valence-corrected chi connectivity index (χ1v) is 6.45. The first-order valence-electron chi connectivity index (χ1n) is 6.45. The van der Waals surface area contributed by atoms with Gasteiger partial charge in [-0.15, -0.1) is 0 Å². The Hall–Kier alpha value is -0.840. The van der Waals surface area contributed by atoms with Crippen molar-refractivity contribution in [3.05, 3.63) is 24.2 Å².